The molecule has 3 rings (SSSR count). The van der Waals surface area contributed by atoms with Crippen LogP contribution in [0.4, 0.5) is 11.4 Å². The zero-order valence-electron chi connectivity index (χ0n) is 14.3. The number of aromatic nitrogens is 1. The molecule has 0 bridgehead atoms. The van der Waals surface area contributed by atoms with Gasteiger partial charge in [-0.2, -0.15) is 0 Å². The predicted molar refractivity (Wildman–Crippen MR) is 102 cm³/mol. The van der Waals surface area contributed by atoms with Crippen molar-refractivity contribution in [1.82, 2.24) is 4.57 Å². The third kappa shape index (κ3) is 3.57. The number of carbonyl (C=O) groups excluding carboxylic acids is 1. The molecular weight excluding hydrogens is 328 g/mol. The summed E-state index contributed by atoms with van der Waals surface area (Å²) in [7, 11) is 0. The number of para-hydroxylation sites is 1. The first-order valence-corrected chi connectivity index (χ1v) is 8.09. The van der Waals surface area contributed by atoms with Crippen molar-refractivity contribution in [3.8, 4) is 18.2 Å². The first-order valence-electron chi connectivity index (χ1n) is 8.09. The molecule has 1 heterocycles. The fourth-order valence-corrected chi connectivity index (χ4v) is 2.61. The Bertz CT molecular complexity index is 1010. The summed E-state index contributed by atoms with van der Waals surface area (Å²) >= 11 is 0. The standard InChI is InChI=1S/C20H18N4O2/c1-3-12-24-17-7-5-4-6-16(17)19(20(24)26)23-22-18(25)13-21-15-10-8-14(2)9-11-15/h1,4-11,21,26H,12-13H2,2H3. The van der Waals surface area contributed by atoms with Gasteiger partial charge in [-0.3, -0.25) is 9.36 Å². The maximum Gasteiger partial charge on any atom is 0.283 e. The van der Waals surface area contributed by atoms with Crippen LogP contribution in [0.15, 0.2) is 58.8 Å². The van der Waals surface area contributed by atoms with Gasteiger partial charge in [-0.15, -0.1) is 16.7 Å². The van der Waals surface area contributed by atoms with Crippen molar-refractivity contribution in [1.29, 1.82) is 0 Å². The highest BCUT2D eigenvalue weighted by molar-refractivity contribution is 5.95. The maximum atomic E-state index is 12.0. The molecule has 1 aromatic heterocycles. The van der Waals surface area contributed by atoms with Crippen molar-refractivity contribution in [2.45, 2.75) is 13.5 Å². The van der Waals surface area contributed by atoms with Gasteiger partial charge in [0.05, 0.1) is 18.6 Å². The Hall–Kier alpha value is -3.59. The number of nitrogens with one attached hydrogen (secondary N) is 1. The number of terminal acetylenes is 1. The van der Waals surface area contributed by atoms with E-state index < -0.39 is 5.91 Å². The van der Waals surface area contributed by atoms with Crippen molar-refractivity contribution in [2.24, 2.45) is 10.2 Å². The molecule has 0 fully saturated rings. The Morgan fingerprint density at radius 1 is 1.23 bits per heavy atom. The Kier molecular flexibility index (Phi) is 4.99. The number of anilines is 1. The van der Waals surface area contributed by atoms with E-state index in [0.29, 0.717) is 5.39 Å². The maximum absolute atomic E-state index is 12.0. The van der Waals surface area contributed by atoms with Gasteiger partial charge in [-0.25, -0.2) is 0 Å². The Morgan fingerprint density at radius 3 is 2.69 bits per heavy atom. The molecule has 2 aromatic carbocycles. The first-order chi connectivity index (χ1) is 12.6. The van der Waals surface area contributed by atoms with Crippen molar-refractivity contribution in [3.63, 3.8) is 0 Å². The van der Waals surface area contributed by atoms with E-state index in [-0.39, 0.29) is 24.7 Å². The second-order valence-electron chi connectivity index (χ2n) is 5.79. The number of hydrogen-bond donors (Lipinski definition) is 2. The second kappa shape index (κ2) is 7.53. The van der Waals surface area contributed by atoms with Crippen LogP contribution >= 0.6 is 0 Å². The van der Waals surface area contributed by atoms with Crippen LogP contribution < -0.4 is 5.32 Å². The van der Waals surface area contributed by atoms with E-state index in [1.54, 1.807) is 10.6 Å². The largest absolute Gasteiger partial charge is 0.493 e. The van der Waals surface area contributed by atoms with Crippen LogP contribution in [0.1, 0.15) is 5.56 Å². The lowest BCUT2D eigenvalue weighted by molar-refractivity contribution is -0.116. The van der Waals surface area contributed by atoms with Crippen LogP contribution in [-0.2, 0) is 11.3 Å². The number of aryl methyl sites for hydroxylation is 1. The minimum atomic E-state index is -0.446. The lowest BCUT2D eigenvalue weighted by atomic mass is 10.2. The zero-order valence-corrected chi connectivity index (χ0v) is 14.3. The molecule has 2 N–H and O–H groups in total. The van der Waals surface area contributed by atoms with Gasteiger partial charge in [0.15, 0.2) is 5.69 Å². The molecule has 6 nitrogen and oxygen atoms in total. The molecule has 0 aliphatic carbocycles. The SMILES string of the molecule is C#CCn1c(O)c(N=NC(=O)CNc2ccc(C)cc2)c2ccccc21. The normalized spacial score (nSPS) is 10.9. The first kappa shape index (κ1) is 17.2. The van der Waals surface area contributed by atoms with Crippen LogP contribution in [0.25, 0.3) is 10.9 Å². The summed E-state index contributed by atoms with van der Waals surface area (Å²) in [4.78, 5) is 12.0. The lowest BCUT2D eigenvalue weighted by Crippen LogP contribution is -2.10. The molecule has 0 atom stereocenters. The summed E-state index contributed by atoms with van der Waals surface area (Å²) in [6.45, 7) is 2.20. The number of hydrogen-bond acceptors (Lipinski definition) is 4. The smallest absolute Gasteiger partial charge is 0.283 e. The summed E-state index contributed by atoms with van der Waals surface area (Å²) in [6, 6.07) is 15.0. The molecule has 3 aromatic rings. The molecule has 26 heavy (non-hydrogen) atoms. The Morgan fingerprint density at radius 2 is 1.96 bits per heavy atom. The van der Waals surface area contributed by atoms with Crippen LogP contribution in [0.5, 0.6) is 5.88 Å². The molecule has 0 unspecified atom stereocenters. The summed E-state index contributed by atoms with van der Waals surface area (Å²) < 4.78 is 1.55. The van der Waals surface area contributed by atoms with Gasteiger partial charge >= 0.3 is 0 Å². The van der Waals surface area contributed by atoms with E-state index in [1.165, 1.54) is 0 Å². The average molecular weight is 346 g/mol. The number of carbonyl (C=O) groups is 1. The van der Waals surface area contributed by atoms with Crippen LogP contribution in [0.3, 0.4) is 0 Å². The van der Waals surface area contributed by atoms with Crippen molar-refractivity contribution >= 4 is 28.2 Å². The van der Waals surface area contributed by atoms with Gasteiger partial charge in [0.25, 0.3) is 5.91 Å². The molecule has 0 aliphatic rings. The topological polar surface area (TPSA) is 79.0 Å². The highest BCUT2D eigenvalue weighted by Gasteiger charge is 2.15. The minimum Gasteiger partial charge on any atom is -0.493 e. The predicted octanol–water partition coefficient (Wildman–Crippen LogP) is 4.01. The molecule has 0 aliphatic heterocycles. The molecule has 0 spiro atoms. The highest BCUT2D eigenvalue weighted by atomic mass is 16.3. The molecule has 0 radical (unpaired) electrons. The van der Waals surface area contributed by atoms with E-state index >= 15 is 0 Å². The molecule has 1 amide bonds. The van der Waals surface area contributed by atoms with Crippen molar-refractivity contribution in [3.05, 3.63) is 54.1 Å². The third-order valence-corrected chi connectivity index (χ3v) is 3.92. The average Bonchev–Trinajstić information content (AvgIpc) is 2.92. The number of benzene rings is 2. The van der Waals surface area contributed by atoms with Crippen LogP contribution in [0.2, 0.25) is 0 Å². The van der Waals surface area contributed by atoms with E-state index in [4.69, 9.17) is 6.42 Å². The van der Waals surface area contributed by atoms with Gasteiger partial charge in [-0.05, 0) is 25.1 Å². The summed E-state index contributed by atoms with van der Waals surface area (Å²) in [5, 5.41) is 21.7. The van der Waals surface area contributed by atoms with Crippen LogP contribution in [0, 0.1) is 19.3 Å². The van der Waals surface area contributed by atoms with Crippen molar-refractivity contribution < 1.29 is 9.90 Å². The minimum absolute atomic E-state index is 0.0102. The molecule has 0 saturated carbocycles. The number of rotatable bonds is 5. The molecule has 130 valence electrons. The Balaban J connectivity index is 1.77. The molecular formula is C20H18N4O2. The van der Waals surface area contributed by atoms with E-state index in [1.807, 2.05) is 49.4 Å². The van der Waals surface area contributed by atoms with Crippen LogP contribution in [-0.4, -0.2) is 22.1 Å². The summed E-state index contributed by atoms with van der Waals surface area (Å²) in [6.07, 6.45) is 5.36. The summed E-state index contributed by atoms with van der Waals surface area (Å²) in [5.41, 5.74) is 2.94. The number of fused-ring (bicyclic) bond motifs is 1. The molecule has 0 saturated heterocycles. The number of aromatic hydroxyl groups is 1. The van der Waals surface area contributed by atoms with Gasteiger partial charge in [0, 0.05) is 11.1 Å². The van der Waals surface area contributed by atoms with Crippen molar-refractivity contribution in [2.75, 3.05) is 11.9 Å². The van der Waals surface area contributed by atoms with E-state index in [9.17, 15) is 9.90 Å². The highest BCUT2D eigenvalue weighted by Crippen LogP contribution is 2.38. The van der Waals surface area contributed by atoms with Gasteiger partial charge < -0.3 is 10.4 Å². The second-order valence-corrected chi connectivity index (χ2v) is 5.79. The third-order valence-electron chi connectivity index (χ3n) is 3.92. The fourth-order valence-electron chi connectivity index (χ4n) is 2.61. The Labute approximate surface area is 151 Å². The fraction of sp³-hybridized carbons (Fsp3) is 0.150. The monoisotopic (exact) mass is 346 g/mol. The van der Waals surface area contributed by atoms with E-state index in [0.717, 1.165) is 16.8 Å². The number of amides is 1. The zero-order chi connectivity index (χ0) is 18.5. The van der Waals surface area contributed by atoms with Gasteiger partial charge in [-0.1, -0.05) is 41.8 Å². The van der Waals surface area contributed by atoms with Gasteiger partial charge in [0.1, 0.15) is 0 Å². The number of nitrogens with zero attached hydrogens (tertiary/aromatic N) is 3. The number of azo groups is 1. The van der Waals surface area contributed by atoms with E-state index in [2.05, 4.69) is 21.5 Å². The quantitative estimate of drug-likeness (QED) is 0.541. The lowest BCUT2D eigenvalue weighted by Gasteiger charge is -2.03. The summed E-state index contributed by atoms with van der Waals surface area (Å²) in [5.74, 6) is 1.94. The van der Waals surface area contributed by atoms with Gasteiger partial charge in [0.2, 0.25) is 5.88 Å². The molecule has 6 heteroatoms.